The molecule has 7 nitrogen and oxygen atoms in total. The minimum atomic E-state index is -0.436. The summed E-state index contributed by atoms with van der Waals surface area (Å²) in [5.74, 6) is -0.436. The third kappa shape index (κ3) is 5.09. The summed E-state index contributed by atoms with van der Waals surface area (Å²) in [6.45, 7) is 10.2. The molecular weight excluding hydrogens is 274 g/mol. The Labute approximate surface area is 125 Å². The van der Waals surface area contributed by atoms with Crippen molar-refractivity contribution in [3.8, 4) is 0 Å². The Bertz CT molecular complexity index is 452. The molecule has 0 amide bonds. The van der Waals surface area contributed by atoms with Gasteiger partial charge in [0.15, 0.2) is 5.69 Å². The molecule has 0 aliphatic heterocycles. The largest absolute Gasteiger partial charge is 0.461 e. The summed E-state index contributed by atoms with van der Waals surface area (Å²) >= 11 is 0. The number of hydrogen-bond donors (Lipinski definition) is 0. The molecular formula is C14H25N3O4. The molecule has 0 aliphatic rings. The molecule has 0 atom stereocenters. The summed E-state index contributed by atoms with van der Waals surface area (Å²) < 4.78 is 17.1. The van der Waals surface area contributed by atoms with Crippen LogP contribution in [0.2, 0.25) is 0 Å². The summed E-state index contributed by atoms with van der Waals surface area (Å²) in [4.78, 5) is 12.0. The third-order valence-electron chi connectivity index (χ3n) is 2.79. The predicted molar refractivity (Wildman–Crippen MR) is 77.4 cm³/mol. The van der Waals surface area contributed by atoms with E-state index in [-0.39, 0.29) is 11.1 Å². The zero-order chi connectivity index (χ0) is 15.9. The molecule has 0 saturated heterocycles. The smallest absolute Gasteiger partial charge is 0.360 e. The van der Waals surface area contributed by atoms with Crippen molar-refractivity contribution in [3.05, 3.63) is 11.4 Å². The van der Waals surface area contributed by atoms with Crippen LogP contribution < -0.4 is 0 Å². The van der Waals surface area contributed by atoms with Crippen LogP contribution in [-0.2, 0) is 26.2 Å². The van der Waals surface area contributed by atoms with Crippen molar-refractivity contribution in [1.82, 2.24) is 15.0 Å². The molecule has 1 rings (SSSR count). The number of ether oxygens (including phenoxy) is 3. The average molecular weight is 299 g/mol. The second-order valence-electron chi connectivity index (χ2n) is 5.59. The van der Waals surface area contributed by atoms with Crippen molar-refractivity contribution >= 4 is 5.97 Å². The molecule has 1 heterocycles. The van der Waals surface area contributed by atoms with E-state index in [0.29, 0.717) is 33.0 Å². The first kappa shape index (κ1) is 17.6. The van der Waals surface area contributed by atoms with Crippen molar-refractivity contribution in [2.45, 2.75) is 39.7 Å². The standard InChI is InChI=1S/C14H25N3O4/c1-6-21-13(18)11-12(14(2,3)4)17(16-15-11)7-8-20-10-9-19-5/h6-10H2,1-5H3. The number of carbonyl (C=O) groups is 1. The van der Waals surface area contributed by atoms with E-state index in [2.05, 4.69) is 10.3 Å². The van der Waals surface area contributed by atoms with E-state index in [4.69, 9.17) is 14.2 Å². The lowest BCUT2D eigenvalue weighted by Gasteiger charge is -2.20. The number of aromatic nitrogens is 3. The summed E-state index contributed by atoms with van der Waals surface area (Å²) in [6.07, 6.45) is 0. The fourth-order valence-electron chi connectivity index (χ4n) is 1.94. The Morgan fingerprint density at radius 1 is 1.24 bits per heavy atom. The first-order chi connectivity index (χ1) is 9.91. The van der Waals surface area contributed by atoms with Gasteiger partial charge in [0.1, 0.15) is 0 Å². The van der Waals surface area contributed by atoms with Gasteiger partial charge in [-0.25, -0.2) is 9.48 Å². The SMILES string of the molecule is CCOC(=O)c1nnn(CCOCCOC)c1C(C)(C)C. The van der Waals surface area contributed by atoms with Gasteiger partial charge in [-0.05, 0) is 6.92 Å². The molecule has 0 radical (unpaired) electrons. The minimum Gasteiger partial charge on any atom is -0.461 e. The summed E-state index contributed by atoms with van der Waals surface area (Å²) in [5, 5.41) is 8.03. The van der Waals surface area contributed by atoms with Gasteiger partial charge in [-0.1, -0.05) is 26.0 Å². The van der Waals surface area contributed by atoms with E-state index >= 15 is 0 Å². The number of hydrogen-bond acceptors (Lipinski definition) is 6. The van der Waals surface area contributed by atoms with Gasteiger partial charge in [0.05, 0.1) is 38.7 Å². The second kappa shape index (κ2) is 8.09. The lowest BCUT2D eigenvalue weighted by atomic mass is 9.90. The van der Waals surface area contributed by atoms with Crippen LogP contribution in [0.1, 0.15) is 43.9 Å². The van der Waals surface area contributed by atoms with E-state index in [9.17, 15) is 4.79 Å². The number of carbonyl (C=O) groups excluding carboxylic acids is 1. The van der Waals surface area contributed by atoms with Crippen molar-refractivity contribution < 1.29 is 19.0 Å². The van der Waals surface area contributed by atoms with E-state index in [1.54, 1.807) is 18.7 Å². The average Bonchev–Trinajstić information content (AvgIpc) is 2.83. The zero-order valence-electron chi connectivity index (χ0n) is 13.5. The van der Waals surface area contributed by atoms with Crippen LogP contribution in [0, 0.1) is 0 Å². The predicted octanol–water partition coefficient (Wildman–Crippen LogP) is 1.42. The highest BCUT2D eigenvalue weighted by atomic mass is 16.5. The van der Waals surface area contributed by atoms with Crippen LogP contribution in [0.15, 0.2) is 0 Å². The van der Waals surface area contributed by atoms with Gasteiger partial charge in [0.2, 0.25) is 0 Å². The molecule has 1 aromatic heterocycles. The number of rotatable bonds is 8. The van der Waals surface area contributed by atoms with E-state index in [1.807, 2.05) is 20.8 Å². The van der Waals surface area contributed by atoms with Crippen LogP contribution in [-0.4, -0.2) is 54.5 Å². The molecule has 1 aromatic rings. The first-order valence-electron chi connectivity index (χ1n) is 7.09. The van der Waals surface area contributed by atoms with Gasteiger partial charge in [-0.15, -0.1) is 5.10 Å². The Morgan fingerprint density at radius 2 is 1.95 bits per heavy atom. The fourth-order valence-corrected chi connectivity index (χ4v) is 1.94. The van der Waals surface area contributed by atoms with Crippen LogP contribution in [0.5, 0.6) is 0 Å². The van der Waals surface area contributed by atoms with Gasteiger partial charge in [0, 0.05) is 12.5 Å². The highest BCUT2D eigenvalue weighted by Crippen LogP contribution is 2.25. The van der Waals surface area contributed by atoms with Gasteiger partial charge < -0.3 is 14.2 Å². The van der Waals surface area contributed by atoms with E-state index in [0.717, 1.165) is 5.69 Å². The maximum Gasteiger partial charge on any atom is 0.360 e. The van der Waals surface area contributed by atoms with Crippen LogP contribution in [0.25, 0.3) is 0 Å². The lowest BCUT2D eigenvalue weighted by Crippen LogP contribution is -2.24. The summed E-state index contributed by atoms with van der Waals surface area (Å²) in [6, 6.07) is 0. The molecule has 0 fully saturated rings. The molecule has 0 aromatic carbocycles. The number of methoxy groups -OCH3 is 1. The maximum absolute atomic E-state index is 12.0. The van der Waals surface area contributed by atoms with Gasteiger partial charge in [-0.2, -0.15) is 0 Å². The van der Waals surface area contributed by atoms with Crippen molar-refractivity contribution in [2.75, 3.05) is 33.5 Å². The Hall–Kier alpha value is -1.47. The monoisotopic (exact) mass is 299 g/mol. The van der Waals surface area contributed by atoms with Crippen LogP contribution in [0.4, 0.5) is 0 Å². The van der Waals surface area contributed by atoms with E-state index < -0.39 is 5.97 Å². The van der Waals surface area contributed by atoms with Crippen molar-refractivity contribution in [3.63, 3.8) is 0 Å². The zero-order valence-corrected chi connectivity index (χ0v) is 13.5. The molecule has 0 unspecified atom stereocenters. The third-order valence-corrected chi connectivity index (χ3v) is 2.79. The number of esters is 1. The van der Waals surface area contributed by atoms with Crippen LogP contribution in [0.3, 0.4) is 0 Å². The Kier molecular flexibility index (Phi) is 6.77. The Morgan fingerprint density at radius 3 is 2.52 bits per heavy atom. The summed E-state index contributed by atoms with van der Waals surface area (Å²) in [5.41, 5.74) is 0.774. The topological polar surface area (TPSA) is 75.5 Å². The summed E-state index contributed by atoms with van der Waals surface area (Å²) in [7, 11) is 1.63. The highest BCUT2D eigenvalue weighted by molar-refractivity contribution is 5.88. The normalized spacial score (nSPS) is 11.7. The fraction of sp³-hybridized carbons (Fsp3) is 0.786. The van der Waals surface area contributed by atoms with E-state index in [1.165, 1.54) is 0 Å². The molecule has 21 heavy (non-hydrogen) atoms. The van der Waals surface area contributed by atoms with Crippen LogP contribution >= 0.6 is 0 Å². The van der Waals surface area contributed by atoms with Gasteiger partial charge >= 0.3 is 5.97 Å². The van der Waals surface area contributed by atoms with Gasteiger partial charge in [-0.3, -0.25) is 0 Å². The number of nitrogens with zero attached hydrogens (tertiary/aromatic N) is 3. The molecule has 0 spiro atoms. The first-order valence-corrected chi connectivity index (χ1v) is 7.09. The van der Waals surface area contributed by atoms with Crippen molar-refractivity contribution in [2.24, 2.45) is 0 Å². The highest BCUT2D eigenvalue weighted by Gasteiger charge is 2.29. The maximum atomic E-state index is 12.0. The Balaban J connectivity index is 2.82. The molecule has 0 N–H and O–H groups in total. The molecule has 120 valence electrons. The molecule has 0 bridgehead atoms. The minimum absolute atomic E-state index is 0.266. The quantitative estimate of drug-likeness (QED) is 0.534. The van der Waals surface area contributed by atoms with Gasteiger partial charge in [0.25, 0.3) is 0 Å². The molecule has 7 heteroatoms. The molecule has 0 aliphatic carbocycles. The second-order valence-corrected chi connectivity index (χ2v) is 5.59. The molecule has 0 saturated carbocycles. The van der Waals surface area contributed by atoms with Crippen molar-refractivity contribution in [1.29, 1.82) is 0 Å². The lowest BCUT2D eigenvalue weighted by molar-refractivity contribution is 0.0515.